The topological polar surface area (TPSA) is 137 Å². The molecule has 1 aromatic carbocycles. The minimum atomic E-state index is -0.897. The molecule has 3 unspecified atom stereocenters. The summed E-state index contributed by atoms with van der Waals surface area (Å²) in [5.74, 6) is -3.37. The Balaban J connectivity index is 1.82. The maximum absolute atomic E-state index is 13.7. The smallest absolute Gasteiger partial charge is 0.336 e. The number of rotatable bonds is 9. The third kappa shape index (κ3) is 5.44. The molecule has 38 heavy (non-hydrogen) atoms. The lowest BCUT2D eigenvalue weighted by Gasteiger charge is -2.39. The first-order valence-electron chi connectivity index (χ1n) is 12.2. The van der Waals surface area contributed by atoms with Gasteiger partial charge in [-0.1, -0.05) is 12.1 Å². The van der Waals surface area contributed by atoms with E-state index in [1.54, 1.807) is 18.3 Å². The van der Waals surface area contributed by atoms with Gasteiger partial charge in [-0.2, -0.15) is 0 Å². The third-order valence-corrected chi connectivity index (χ3v) is 7.62. The predicted octanol–water partition coefficient (Wildman–Crippen LogP) is 4.56. The molecular weight excluding hydrogens is 512 g/mol. The van der Waals surface area contributed by atoms with E-state index < -0.39 is 34.2 Å². The molecule has 2 aliphatic rings. The first-order chi connectivity index (χ1) is 18.1. The highest BCUT2D eigenvalue weighted by Crippen LogP contribution is 2.49. The second-order valence-electron chi connectivity index (χ2n) is 9.44. The number of nitro benzene ring substituents is 1. The molecule has 0 fully saturated rings. The van der Waals surface area contributed by atoms with Crippen LogP contribution in [0, 0.1) is 16.0 Å². The van der Waals surface area contributed by atoms with Gasteiger partial charge in [0.25, 0.3) is 0 Å². The second kappa shape index (κ2) is 11.4. The highest BCUT2D eigenvalue weighted by Gasteiger charge is 2.46. The molecule has 2 aromatic rings. The van der Waals surface area contributed by atoms with Crippen LogP contribution in [0.5, 0.6) is 11.5 Å². The van der Waals surface area contributed by atoms with E-state index in [0.717, 1.165) is 4.88 Å². The number of phenolic OH excluding ortho intramolecular Hbond substituents is 1. The van der Waals surface area contributed by atoms with Crippen molar-refractivity contribution in [3.05, 3.63) is 73.2 Å². The number of Topliss-reactive ketones (excluding diaryl/α,β-unsaturated/α-hetero) is 1. The van der Waals surface area contributed by atoms with Gasteiger partial charge in [-0.25, -0.2) is 4.79 Å². The minimum Gasteiger partial charge on any atom is -0.500 e. The van der Waals surface area contributed by atoms with Crippen LogP contribution in [0.4, 0.5) is 5.69 Å². The molecule has 11 heteroatoms. The summed E-state index contributed by atoms with van der Waals surface area (Å²) in [6, 6.07) is 6.51. The summed E-state index contributed by atoms with van der Waals surface area (Å²) < 4.78 is 16.2. The van der Waals surface area contributed by atoms with E-state index in [4.69, 9.17) is 14.2 Å². The average molecular weight is 543 g/mol. The zero-order valence-corrected chi connectivity index (χ0v) is 22.4. The van der Waals surface area contributed by atoms with Gasteiger partial charge in [-0.15, -0.1) is 11.3 Å². The molecule has 0 spiro atoms. The number of thiophene rings is 1. The number of methoxy groups -OCH3 is 1. The summed E-state index contributed by atoms with van der Waals surface area (Å²) in [5, 5.41) is 27.3. The van der Waals surface area contributed by atoms with Crippen LogP contribution in [0.2, 0.25) is 0 Å². The highest BCUT2D eigenvalue weighted by molar-refractivity contribution is 7.10. The standard InChI is InChI=1S/C27H30N2O8S/c1-14(2)36-7-8-37-27(32)23-15(3)28-18-10-16(22-6-5-9-38-22)12-20(30)25(18)24(23)17-11-19(29(33)34)26(31)21(13-17)35-4/h5-6,9-11,13-14,16,24-25,28,31H,7-8,12H2,1-4H3. The van der Waals surface area contributed by atoms with Gasteiger partial charge in [-0.05, 0) is 43.8 Å². The van der Waals surface area contributed by atoms with Crippen molar-refractivity contribution in [1.29, 1.82) is 0 Å². The van der Waals surface area contributed by atoms with Gasteiger partial charge >= 0.3 is 11.7 Å². The lowest BCUT2D eigenvalue weighted by atomic mass is 9.69. The molecule has 0 radical (unpaired) electrons. The van der Waals surface area contributed by atoms with Crippen LogP contribution in [0.3, 0.4) is 0 Å². The molecule has 1 aromatic heterocycles. The van der Waals surface area contributed by atoms with Gasteiger partial charge in [0.05, 0.1) is 36.2 Å². The van der Waals surface area contributed by atoms with E-state index in [-0.39, 0.29) is 54.3 Å². The van der Waals surface area contributed by atoms with Crippen LogP contribution < -0.4 is 10.1 Å². The van der Waals surface area contributed by atoms with Crippen LogP contribution in [-0.4, -0.2) is 48.2 Å². The number of fused-ring (bicyclic) bond motifs is 1. The Kier molecular flexibility index (Phi) is 8.17. The number of nitrogens with zero attached hydrogens (tertiary/aromatic N) is 1. The van der Waals surface area contributed by atoms with Crippen LogP contribution >= 0.6 is 11.3 Å². The molecule has 1 aliphatic carbocycles. The number of hydrogen-bond donors (Lipinski definition) is 2. The zero-order chi connectivity index (χ0) is 27.6. The van der Waals surface area contributed by atoms with Crippen molar-refractivity contribution in [3.8, 4) is 11.5 Å². The first-order valence-corrected chi connectivity index (χ1v) is 13.1. The summed E-state index contributed by atoms with van der Waals surface area (Å²) >= 11 is 1.56. The fourth-order valence-corrected chi connectivity index (χ4v) is 5.77. The number of ketones is 1. The van der Waals surface area contributed by atoms with Gasteiger partial charge in [0.2, 0.25) is 5.75 Å². The Bertz CT molecular complexity index is 1300. The quantitative estimate of drug-likeness (QED) is 0.202. The molecular formula is C27H30N2O8S. The van der Waals surface area contributed by atoms with E-state index >= 15 is 0 Å². The Hall–Kier alpha value is -3.70. The Morgan fingerprint density at radius 1 is 1.29 bits per heavy atom. The Morgan fingerprint density at radius 3 is 2.68 bits per heavy atom. The molecule has 0 amide bonds. The number of allylic oxidation sites excluding steroid dienone is 3. The van der Waals surface area contributed by atoms with Crippen LogP contribution in [-0.2, 0) is 19.1 Å². The first kappa shape index (κ1) is 27.3. The summed E-state index contributed by atoms with van der Waals surface area (Å²) in [6.45, 7) is 5.64. The van der Waals surface area contributed by atoms with Crippen molar-refractivity contribution in [2.45, 2.75) is 45.1 Å². The van der Waals surface area contributed by atoms with E-state index in [0.29, 0.717) is 11.4 Å². The van der Waals surface area contributed by atoms with Crippen LogP contribution in [0.1, 0.15) is 49.5 Å². The summed E-state index contributed by atoms with van der Waals surface area (Å²) in [6.07, 6.45) is 2.17. The molecule has 1 aliphatic heterocycles. The van der Waals surface area contributed by atoms with Crippen LogP contribution in [0.15, 0.2) is 52.7 Å². The molecule has 0 bridgehead atoms. The van der Waals surface area contributed by atoms with E-state index in [2.05, 4.69) is 5.32 Å². The summed E-state index contributed by atoms with van der Waals surface area (Å²) in [7, 11) is 1.28. The normalized spacial score (nSPS) is 21.0. The fraction of sp³-hybridized carbons (Fsp3) is 0.407. The van der Waals surface area contributed by atoms with Gasteiger partial charge in [0, 0.05) is 40.6 Å². The van der Waals surface area contributed by atoms with Crippen molar-refractivity contribution in [3.63, 3.8) is 0 Å². The number of carbonyl (C=O) groups excluding carboxylic acids is 2. The molecule has 0 saturated heterocycles. The minimum absolute atomic E-state index is 0.00131. The maximum atomic E-state index is 13.7. The molecule has 3 atom stereocenters. The molecule has 2 N–H and O–H groups in total. The number of hydrogen-bond acceptors (Lipinski definition) is 10. The number of carbonyl (C=O) groups is 2. The van der Waals surface area contributed by atoms with Crippen molar-refractivity contribution < 1.29 is 33.8 Å². The van der Waals surface area contributed by atoms with Gasteiger partial charge in [0.15, 0.2) is 5.75 Å². The van der Waals surface area contributed by atoms with Gasteiger partial charge in [0.1, 0.15) is 12.4 Å². The highest BCUT2D eigenvalue weighted by atomic mass is 32.1. The molecule has 4 rings (SSSR count). The average Bonchev–Trinajstić information content (AvgIpc) is 3.40. The largest absolute Gasteiger partial charge is 0.500 e. The molecule has 0 saturated carbocycles. The maximum Gasteiger partial charge on any atom is 0.336 e. The van der Waals surface area contributed by atoms with E-state index in [9.17, 15) is 24.8 Å². The SMILES string of the molecule is COc1cc(C2C(C(=O)OCCOC(C)C)=C(C)NC3=CC(c4cccs4)CC(=O)C32)cc([N+](=O)[O-])c1O. The lowest BCUT2D eigenvalue weighted by Crippen LogP contribution is -2.42. The Morgan fingerprint density at radius 2 is 2.05 bits per heavy atom. The monoisotopic (exact) mass is 542 g/mol. The summed E-state index contributed by atoms with van der Waals surface area (Å²) in [5.41, 5.74) is 0.982. The number of ether oxygens (including phenoxy) is 3. The second-order valence-corrected chi connectivity index (χ2v) is 10.4. The number of esters is 1. The number of aromatic hydroxyl groups is 1. The Labute approximate surface area is 224 Å². The van der Waals surface area contributed by atoms with Gasteiger partial charge < -0.3 is 24.6 Å². The number of benzene rings is 1. The van der Waals surface area contributed by atoms with Crippen molar-refractivity contribution in [2.24, 2.45) is 5.92 Å². The molecule has 10 nitrogen and oxygen atoms in total. The van der Waals surface area contributed by atoms with E-state index in [1.807, 2.05) is 37.4 Å². The van der Waals surface area contributed by atoms with E-state index in [1.165, 1.54) is 19.2 Å². The third-order valence-electron chi connectivity index (χ3n) is 6.61. The number of nitro groups is 1. The number of nitrogens with one attached hydrogen (secondary N) is 1. The zero-order valence-electron chi connectivity index (χ0n) is 21.6. The fourth-order valence-electron chi connectivity index (χ4n) is 4.97. The van der Waals surface area contributed by atoms with Crippen molar-refractivity contribution >= 4 is 28.8 Å². The predicted molar refractivity (Wildman–Crippen MR) is 140 cm³/mol. The molecule has 2 heterocycles. The molecule has 202 valence electrons. The van der Waals surface area contributed by atoms with Gasteiger partial charge in [-0.3, -0.25) is 14.9 Å². The lowest BCUT2D eigenvalue weighted by molar-refractivity contribution is -0.386. The van der Waals surface area contributed by atoms with Crippen LogP contribution in [0.25, 0.3) is 0 Å². The van der Waals surface area contributed by atoms with Crippen molar-refractivity contribution in [2.75, 3.05) is 20.3 Å². The number of phenols is 1. The summed E-state index contributed by atoms with van der Waals surface area (Å²) in [4.78, 5) is 39.1. The van der Waals surface area contributed by atoms with Crippen molar-refractivity contribution in [1.82, 2.24) is 5.32 Å².